The third kappa shape index (κ3) is 3.56. The first kappa shape index (κ1) is 14.5. The molecule has 0 aromatic carbocycles. The Morgan fingerprint density at radius 2 is 1.74 bits per heavy atom. The van der Waals surface area contributed by atoms with Gasteiger partial charge in [0.05, 0.1) is 6.10 Å². The molecule has 108 valence electrons. The molecule has 4 nitrogen and oxygen atoms in total. The number of piperidine rings is 1. The molecule has 0 bridgehead atoms. The number of likely N-dealkylation sites (tertiary alicyclic amines) is 1. The van der Waals surface area contributed by atoms with Crippen LogP contribution in [-0.2, 0) is 9.59 Å². The van der Waals surface area contributed by atoms with Crippen molar-refractivity contribution in [2.24, 2.45) is 5.41 Å². The van der Waals surface area contributed by atoms with Gasteiger partial charge in [0.25, 0.3) is 0 Å². The van der Waals surface area contributed by atoms with Crippen molar-refractivity contribution in [2.75, 3.05) is 6.54 Å². The fraction of sp³-hybridized carbons (Fsp3) is 0.867. The molecule has 19 heavy (non-hydrogen) atoms. The van der Waals surface area contributed by atoms with Gasteiger partial charge in [0.1, 0.15) is 0 Å². The van der Waals surface area contributed by atoms with Crippen LogP contribution in [0.25, 0.3) is 0 Å². The first-order chi connectivity index (χ1) is 9.02. The van der Waals surface area contributed by atoms with E-state index in [0.29, 0.717) is 32.2 Å². The summed E-state index contributed by atoms with van der Waals surface area (Å²) in [5.74, 6) is 0.00693. The number of hydrogen-bond acceptors (Lipinski definition) is 3. The monoisotopic (exact) mass is 267 g/mol. The molecule has 1 saturated carbocycles. The summed E-state index contributed by atoms with van der Waals surface area (Å²) in [5, 5.41) is 9.22. The van der Waals surface area contributed by atoms with Gasteiger partial charge in [0.15, 0.2) is 0 Å². The molecule has 4 heteroatoms. The van der Waals surface area contributed by atoms with Crippen LogP contribution in [0.4, 0.5) is 0 Å². The smallest absolute Gasteiger partial charge is 0.229 e. The van der Waals surface area contributed by atoms with Gasteiger partial charge in [-0.1, -0.05) is 19.3 Å². The summed E-state index contributed by atoms with van der Waals surface area (Å²) < 4.78 is 0. The number of amides is 2. The van der Waals surface area contributed by atoms with E-state index in [1.54, 1.807) is 6.92 Å². The second kappa shape index (κ2) is 6.04. The Bertz CT molecular complexity index is 325. The zero-order chi connectivity index (χ0) is 13.9. The third-order valence-electron chi connectivity index (χ3n) is 4.57. The highest BCUT2D eigenvalue weighted by molar-refractivity contribution is 5.98. The highest BCUT2D eigenvalue weighted by atomic mass is 16.3. The van der Waals surface area contributed by atoms with E-state index in [1.165, 1.54) is 11.3 Å². The molecule has 1 heterocycles. The molecule has 0 radical (unpaired) electrons. The van der Waals surface area contributed by atoms with E-state index in [-0.39, 0.29) is 23.3 Å². The highest BCUT2D eigenvalue weighted by Crippen LogP contribution is 2.45. The summed E-state index contributed by atoms with van der Waals surface area (Å²) >= 11 is 0. The Balaban J connectivity index is 1.91. The number of imide groups is 1. The number of carbonyl (C=O) groups is 2. The molecule has 0 aromatic rings. The molecular weight excluding hydrogens is 242 g/mol. The Kier molecular flexibility index (Phi) is 4.61. The van der Waals surface area contributed by atoms with Gasteiger partial charge in [-0.3, -0.25) is 14.5 Å². The number of aliphatic hydroxyl groups is 1. The van der Waals surface area contributed by atoms with Gasteiger partial charge in [-0.15, -0.1) is 0 Å². The van der Waals surface area contributed by atoms with Gasteiger partial charge in [-0.25, -0.2) is 0 Å². The third-order valence-corrected chi connectivity index (χ3v) is 4.57. The predicted octanol–water partition coefficient (Wildman–Crippen LogP) is 2.25. The van der Waals surface area contributed by atoms with E-state index in [1.807, 2.05) is 0 Å². The molecule has 2 fully saturated rings. The molecule has 1 saturated heterocycles. The first-order valence-electron chi connectivity index (χ1n) is 7.54. The van der Waals surface area contributed by atoms with Crippen molar-refractivity contribution in [2.45, 2.75) is 70.8 Å². The van der Waals surface area contributed by atoms with Gasteiger partial charge in [0, 0.05) is 19.4 Å². The molecule has 0 aromatic heterocycles. The van der Waals surface area contributed by atoms with Crippen LogP contribution in [0.15, 0.2) is 0 Å². The van der Waals surface area contributed by atoms with Gasteiger partial charge >= 0.3 is 0 Å². The molecule has 1 N–H and O–H groups in total. The van der Waals surface area contributed by atoms with Crippen molar-refractivity contribution in [1.29, 1.82) is 0 Å². The van der Waals surface area contributed by atoms with Gasteiger partial charge < -0.3 is 5.11 Å². The van der Waals surface area contributed by atoms with E-state index >= 15 is 0 Å². The Hall–Kier alpha value is -0.900. The maximum atomic E-state index is 12.2. The lowest BCUT2D eigenvalue weighted by Gasteiger charge is -2.42. The summed E-state index contributed by atoms with van der Waals surface area (Å²) in [4.78, 5) is 25.8. The fourth-order valence-corrected chi connectivity index (χ4v) is 3.48. The molecular formula is C15H25NO3. The van der Waals surface area contributed by atoms with Crippen LogP contribution in [0.2, 0.25) is 0 Å². The number of rotatable bonds is 4. The second-order valence-corrected chi connectivity index (χ2v) is 6.34. The summed E-state index contributed by atoms with van der Waals surface area (Å²) in [6.45, 7) is 2.20. The lowest BCUT2D eigenvalue weighted by Crippen LogP contribution is -2.48. The zero-order valence-corrected chi connectivity index (χ0v) is 11.9. The Labute approximate surface area is 115 Å². The van der Waals surface area contributed by atoms with Crippen LogP contribution >= 0.6 is 0 Å². The molecule has 1 unspecified atom stereocenters. The van der Waals surface area contributed by atoms with Crippen LogP contribution in [0.5, 0.6) is 0 Å². The van der Waals surface area contributed by atoms with Gasteiger partial charge in [-0.2, -0.15) is 0 Å². The largest absolute Gasteiger partial charge is 0.393 e. The van der Waals surface area contributed by atoms with Gasteiger partial charge in [-0.05, 0) is 38.0 Å². The Morgan fingerprint density at radius 1 is 1.16 bits per heavy atom. The minimum atomic E-state index is -0.361. The summed E-state index contributed by atoms with van der Waals surface area (Å²) in [7, 11) is 0. The maximum absolute atomic E-state index is 12.2. The lowest BCUT2D eigenvalue weighted by atomic mass is 9.67. The molecule has 1 atom stereocenters. The maximum Gasteiger partial charge on any atom is 0.229 e. The standard InChI is InChI=1S/C15H25NO3/c1-12(17)6-5-9-16-13(18)10-15(11-14(16)19)7-3-2-4-8-15/h12,17H,2-11H2,1H3. The minimum absolute atomic E-state index is 0.00347. The van der Waals surface area contributed by atoms with Crippen molar-refractivity contribution in [3.63, 3.8) is 0 Å². The van der Waals surface area contributed by atoms with E-state index in [4.69, 9.17) is 0 Å². The van der Waals surface area contributed by atoms with E-state index < -0.39 is 0 Å². The van der Waals surface area contributed by atoms with Crippen LogP contribution < -0.4 is 0 Å². The topological polar surface area (TPSA) is 57.6 Å². The average Bonchev–Trinajstić information content (AvgIpc) is 2.33. The van der Waals surface area contributed by atoms with Crippen LogP contribution in [0.1, 0.15) is 64.7 Å². The van der Waals surface area contributed by atoms with Crippen molar-refractivity contribution < 1.29 is 14.7 Å². The zero-order valence-electron chi connectivity index (χ0n) is 11.9. The van der Waals surface area contributed by atoms with Gasteiger partial charge in [0.2, 0.25) is 11.8 Å². The van der Waals surface area contributed by atoms with E-state index in [0.717, 1.165) is 25.7 Å². The number of nitrogens with zero attached hydrogens (tertiary/aromatic N) is 1. The van der Waals surface area contributed by atoms with Crippen molar-refractivity contribution in [3.8, 4) is 0 Å². The molecule has 2 amide bonds. The summed E-state index contributed by atoms with van der Waals surface area (Å²) in [5.41, 5.74) is -0.0206. The number of aliphatic hydroxyl groups excluding tert-OH is 1. The quantitative estimate of drug-likeness (QED) is 0.795. The van der Waals surface area contributed by atoms with Crippen LogP contribution in [0.3, 0.4) is 0 Å². The normalized spacial score (nSPS) is 24.8. The average molecular weight is 267 g/mol. The Morgan fingerprint density at radius 3 is 2.26 bits per heavy atom. The lowest BCUT2D eigenvalue weighted by molar-refractivity contribution is -0.154. The fourth-order valence-electron chi connectivity index (χ4n) is 3.48. The second-order valence-electron chi connectivity index (χ2n) is 6.34. The van der Waals surface area contributed by atoms with Crippen LogP contribution in [0, 0.1) is 5.41 Å². The first-order valence-corrected chi connectivity index (χ1v) is 7.54. The summed E-state index contributed by atoms with van der Waals surface area (Å²) in [6.07, 6.45) is 7.69. The minimum Gasteiger partial charge on any atom is -0.393 e. The SMILES string of the molecule is CC(O)CCCN1C(=O)CC2(CCCCC2)CC1=O. The number of hydrogen-bond donors (Lipinski definition) is 1. The molecule has 1 spiro atoms. The molecule has 1 aliphatic heterocycles. The van der Waals surface area contributed by atoms with E-state index in [9.17, 15) is 14.7 Å². The highest BCUT2D eigenvalue weighted by Gasteiger charge is 2.43. The van der Waals surface area contributed by atoms with Crippen molar-refractivity contribution in [1.82, 2.24) is 4.90 Å². The van der Waals surface area contributed by atoms with E-state index in [2.05, 4.69) is 0 Å². The van der Waals surface area contributed by atoms with Crippen molar-refractivity contribution >= 4 is 11.8 Å². The molecule has 2 rings (SSSR count). The van der Waals surface area contributed by atoms with Crippen LogP contribution in [-0.4, -0.2) is 34.5 Å². The number of carbonyl (C=O) groups excluding carboxylic acids is 2. The van der Waals surface area contributed by atoms with Crippen molar-refractivity contribution in [3.05, 3.63) is 0 Å². The molecule has 1 aliphatic carbocycles. The predicted molar refractivity (Wildman–Crippen MR) is 72.4 cm³/mol. The molecule has 2 aliphatic rings. The summed E-state index contributed by atoms with van der Waals surface area (Å²) in [6, 6.07) is 0.